The second kappa shape index (κ2) is 8.20. The van der Waals surface area contributed by atoms with E-state index in [2.05, 4.69) is 15.5 Å². The maximum absolute atomic E-state index is 13.8. The van der Waals surface area contributed by atoms with Gasteiger partial charge >= 0.3 is 0 Å². The van der Waals surface area contributed by atoms with Gasteiger partial charge in [-0.15, -0.1) is 10.2 Å². The molecule has 1 aliphatic rings. The van der Waals surface area contributed by atoms with E-state index in [4.69, 9.17) is 9.47 Å². The lowest BCUT2D eigenvalue weighted by Crippen LogP contribution is -2.13. The van der Waals surface area contributed by atoms with Gasteiger partial charge in [-0.2, -0.15) is 0 Å². The minimum atomic E-state index is -0.308. The molecule has 140 valence electrons. The van der Waals surface area contributed by atoms with Crippen molar-refractivity contribution in [3.05, 3.63) is 64.7 Å². The SMILES string of the molecule is Fc1ccc(CNc2nnc(SCc3cc(F)cc4c3OCOC4)s2)cc1. The second-order valence-electron chi connectivity index (χ2n) is 5.81. The van der Waals surface area contributed by atoms with Crippen LogP contribution in [0.2, 0.25) is 0 Å². The molecule has 0 spiro atoms. The third kappa shape index (κ3) is 4.55. The number of thioether (sulfide) groups is 1. The van der Waals surface area contributed by atoms with Crippen molar-refractivity contribution >= 4 is 28.2 Å². The number of hydrogen-bond donors (Lipinski definition) is 1. The summed E-state index contributed by atoms with van der Waals surface area (Å²) < 4.78 is 38.2. The van der Waals surface area contributed by atoms with Gasteiger partial charge in [-0.1, -0.05) is 35.2 Å². The van der Waals surface area contributed by atoms with Crippen molar-refractivity contribution in [3.8, 4) is 5.75 Å². The zero-order valence-corrected chi connectivity index (χ0v) is 15.7. The van der Waals surface area contributed by atoms with Crippen molar-refractivity contribution in [2.75, 3.05) is 12.1 Å². The van der Waals surface area contributed by atoms with E-state index in [9.17, 15) is 8.78 Å². The molecule has 0 saturated carbocycles. The standard InChI is InChI=1S/C18H15F2N3O2S2/c19-14-3-1-11(2-4-14)7-21-17-22-23-18(27-17)26-9-13-6-15(20)5-12-8-24-10-25-16(12)13/h1-6H,7-10H2,(H,21,22). The molecule has 9 heteroatoms. The molecule has 2 heterocycles. The van der Waals surface area contributed by atoms with Crippen molar-refractivity contribution in [3.63, 3.8) is 0 Å². The zero-order chi connectivity index (χ0) is 18.6. The fourth-order valence-electron chi connectivity index (χ4n) is 2.62. The highest BCUT2D eigenvalue weighted by Gasteiger charge is 2.17. The van der Waals surface area contributed by atoms with Crippen LogP contribution in [0.1, 0.15) is 16.7 Å². The summed E-state index contributed by atoms with van der Waals surface area (Å²) in [6, 6.07) is 9.19. The number of hydrogen-bond acceptors (Lipinski definition) is 7. The summed E-state index contributed by atoms with van der Waals surface area (Å²) in [5.41, 5.74) is 2.44. The number of nitrogens with zero attached hydrogens (tertiary/aromatic N) is 2. The predicted molar refractivity (Wildman–Crippen MR) is 99.9 cm³/mol. The average Bonchev–Trinajstić information content (AvgIpc) is 3.13. The van der Waals surface area contributed by atoms with Gasteiger partial charge in [-0.3, -0.25) is 0 Å². The number of anilines is 1. The maximum atomic E-state index is 13.8. The number of benzene rings is 2. The van der Waals surface area contributed by atoms with Crippen LogP contribution >= 0.6 is 23.1 Å². The Kier molecular flexibility index (Phi) is 5.51. The first-order valence-corrected chi connectivity index (χ1v) is 9.94. The van der Waals surface area contributed by atoms with E-state index in [0.717, 1.165) is 21.0 Å². The fourth-order valence-corrected chi connectivity index (χ4v) is 4.34. The van der Waals surface area contributed by atoms with E-state index in [1.54, 1.807) is 12.1 Å². The zero-order valence-electron chi connectivity index (χ0n) is 14.1. The Morgan fingerprint density at radius 3 is 2.81 bits per heavy atom. The lowest BCUT2D eigenvalue weighted by molar-refractivity contribution is -0.0171. The first-order valence-electron chi connectivity index (χ1n) is 8.14. The number of rotatable bonds is 6. The Bertz CT molecular complexity index is 935. The molecule has 4 rings (SSSR count). The summed E-state index contributed by atoms with van der Waals surface area (Å²) in [6.07, 6.45) is 0. The summed E-state index contributed by atoms with van der Waals surface area (Å²) >= 11 is 2.88. The van der Waals surface area contributed by atoms with Crippen LogP contribution in [0.25, 0.3) is 0 Å². The monoisotopic (exact) mass is 407 g/mol. The first kappa shape index (κ1) is 18.1. The molecular weight excluding hydrogens is 392 g/mol. The third-order valence-corrected chi connectivity index (χ3v) is 5.93. The molecule has 0 radical (unpaired) electrons. The van der Waals surface area contributed by atoms with Gasteiger partial charge in [0.1, 0.15) is 17.4 Å². The van der Waals surface area contributed by atoms with Crippen LogP contribution in [-0.2, 0) is 23.6 Å². The summed E-state index contributed by atoms with van der Waals surface area (Å²) in [7, 11) is 0. The number of aromatic nitrogens is 2. The summed E-state index contributed by atoms with van der Waals surface area (Å²) in [5.74, 6) is 0.641. The van der Waals surface area contributed by atoms with Gasteiger partial charge in [0, 0.05) is 23.4 Å². The van der Waals surface area contributed by atoms with E-state index >= 15 is 0 Å². The van der Waals surface area contributed by atoms with Crippen molar-refractivity contribution < 1.29 is 18.3 Å². The number of ether oxygens (including phenoxy) is 2. The minimum Gasteiger partial charge on any atom is -0.467 e. The molecule has 0 unspecified atom stereocenters. The molecule has 0 aliphatic carbocycles. The molecule has 0 atom stereocenters. The minimum absolute atomic E-state index is 0.173. The molecule has 1 aliphatic heterocycles. The van der Waals surface area contributed by atoms with Crippen molar-refractivity contribution in [2.24, 2.45) is 0 Å². The van der Waals surface area contributed by atoms with Gasteiger partial charge in [0.05, 0.1) is 6.61 Å². The molecule has 1 aromatic heterocycles. The Hall–Kier alpha value is -2.23. The van der Waals surface area contributed by atoms with E-state index in [-0.39, 0.29) is 18.4 Å². The molecule has 0 fully saturated rings. The van der Waals surface area contributed by atoms with Gasteiger partial charge in [-0.05, 0) is 29.8 Å². The highest BCUT2D eigenvalue weighted by molar-refractivity contribution is 8.00. The smallest absolute Gasteiger partial charge is 0.206 e. The Morgan fingerprint density at radius 1 is 1.11 bits per heavy atom. The van der Waals surface area contributed by atoms with Gasteiger partial charge in [0.25, 0.3) is 0 Å². The van der Waals surface area contributed by atoms with E-state index in [1.165, 1.54) is 47.4 Å². The van der Waals surface area contributed by atoms with Crippen molar-refractivity contribution in [1.29, 1.82) is 0 Å². The summed E-state index contributed by atoms with van der Waals surface area (Å²) in [4.78, 5) is 0. The predicted octanol–water partition coefficient (Wildman–Crippen LogP) is 4.59. The Morgan fingerprint density at radius 2 is 1.96 bits per heavy atom. The average molecular weight is 407 g/mol. The lowest BCUT2D eigenvalue weighted by Gasteiger charge is -2.20. The Balaban J connectivity index is 1.37. The molecule has 0 amide bonds. The van der Waals surface area contributed by atoms with Gasteiger partial charge in [-0.25, -0.2) is 8.78 Å². The van der Waals surface area contributed by atoms with Crippen molar-refractivity contribution in [2.45, 2.75) is 23.2 Å². The molecule has 3 aromatic rings. The summed E-state index contributed by atoms with van der Waals surface area (Å²) in [6.45, 7) is 1.05. The van der Waals surface area contributed by atoms with Crippen LogP contribution in [0.4, 0.5) is 13.9 Å². The normalized spacial score (nSPS) is 13.1. The van der Waals surface area contributed by atoms with E-state index < -0.39 is 0 Å². The van der Waals surface area contributed by atoms with Crippen LogP contribution in [0.15, 0.2) is 40.7 Å². The number of nitrogens with one attached hydrogen (secondary N) is 1. The van der Waals surface area contributed by atoms with Crippen molar-refractivity contribution in [1.82, 2.24) is 10.2 Å². The van der Waals surface area contributed by atoms with Crippen LogP contribution in [-0.4, -0.2) is 17.0 Å². The van der Waals surface area contributed by atoms with Gasteiger partial charge in [0.15, 0.2) is 11.1 Å². The van der Waals surface area contributed by atoms with Crippen LogP contribution in [0.3, 0.4) is 0 Å². The highest BCUT2D eigenvalue weighted by Crippen LogP contribution is 2.35. The highest BCUT2D eigenvalue weighted by atomic mass is 32.2. The molecule has 5 nitrogen and oxygen atoms in total. The van der Waals surface area contributed by atoms with Crippen LogP contribution in [0.5, 0.6) is 5.75 Å². The maximum Gasteiger partial charge on any atom is 0.206 e. The van der Waals surface area contributed by atoms with Crippen LogP contribution < -0.4 is 10.1 Å². The second-order valence-corrected chi connectivity index (χ2v) is 8.01. The molecule has 27 heavy (non-hydrogen) atoms. The first-order chi connectivity index (χ1) is 13.2. The van der Waals surface area contributed by atoms with Gasteiger partial charge < -0.3 is 14.8 Å². The fraction of sp³-hybridized carbons (Fsp3) is 0.222. The Labute approximate surface area is 162 Å². The molecule has 0 bridgehead atoms. The van der Waals surface area contributed by atoms with E-state index in [0.29, 0.717) is 29.8 Å². The molecule has 2 aromatic carbocycles. The summed E-state index contributed by atoms with van der Waals surface area (Å²) in [5, 5.41) is 12.1. The van der Waals surface area contributed by atoms with Crippen LogP contribution in [0, 0.1) is 11.6 Å². The molecule has 1 N–H and O–H groups in total. The quantitative estimate of drug-likeness (QED) is 0.604. The third-order valence-electron chi connectivity index (χ3n) is 3.87. The largest absolute Gasteiger partial charge is 0.467 e. The number of fused-ring (bicyclic) bond motifs is 1. The van der Waals surface area contributed by atoms with Gasteiger partial charge in [0.2, 0.25) is 5.13 Å². The molecule has 0 saturated heterocycles. The lowest BCUT2D eigenvalue weighted by atomic mass is 10.1. The van der Waals surface area contributed by atoms with E-state index in [1.807, 2.05) is 0 Å². The topological polar surface area (TPSA) is 56.3 Å². The molecular formula is C18H15F2N3O2S2. The number of halogens is 2.